The third-order valence-electron chi connectivity index (χ3n) is 10.7. The molecule has 3 aromatic carbocycles. The van der Waals surface area contributed by atoms with E-state index in [1.165, 1.54) is 17.0 Å². The van der Waals surface area contributed by atoms with E-state index in [0.717, 1.165) is 55.5 Å². The lowest BCUT2D eigenvalue weighted by molar-refractivity contribution is -0.0739. The molecule has 2 aliphatic heterocycles. The minimum Gasteiger partial charge on any atom is -0.504 e. The second-order valence-corrected chi connectivity index (χ2v) is 14.9. The molecule has 2 fully saturated rings. The summed E-state index contributed by atoms with van der Waals surface area (Å²) >= 11 is 0. The minimum absolute atomic E-state index is 0.0843. The number of carbonyl (C=O) groups excluding carboxylic acids is 1. The van der Waals surface area contributed by atoms with Gasteiger partial charge in [0.1, 0.15) is 12.7 Å². The number of piperidine rings is 1. The van der Waals surface area contributed by atoms with Crippen LogP contribution in [0, 0.1) is 5.92 Å². The van der Waals surface area contributed by atoms with E-state index in [4.69, 9.17) is 9.47 Å². The molecule has 0 amide bonds. The first-order chi connectivity index (χ1) is 21.2. The Morgan fingerprint density at radius 2 is 1.80 bits per heavy atom. The van der Waals surface area contributed by atoms with Crippen LogP contribution in [0.15, 0.2) is 66.7 Å². The van der Waals surface area contributed by atoms with Gasteiger partial charge in [-0.25, -0.2) is 8.42 Å². The number of sulfonamides is 1. The summed E-state index contributed by atoms with van der Waals surface area (Å²) in [5, 5.41) is 11.5. The zero-order valence-corrected chi connectivity index (χ0v) is 26.1. The Balaban J connectivity index is 1.27. The first-order valence-corrected chi connectivity index (χ1v) is 17.2. The van der Waals surface area contributed by atoms with Gasteiger partial charge in [0.15, 0.2) is 17.3 Å². The Labute approximate surface area is 259 Å². The fourth-order valence-electron chi connectivity index (χ4n) is 8.75. The lowest BCUT2D eigenvalue weighted by Gasteiger charge is -2.60. The standard InChI is InChI=1S/C35H40N2O6S/c1-36(44(40,41)22-24-11-7-4-8-12-24)28-14-13-27-29-20-25-19-26(30(38)21-42-2)32(39)33-31(25)35(27,34(28)43-33)16-18-37(29)17-15-23-9-5-3-6-10-23/h3-12,19,27-29,34,39H,13-18,20-22H2,1-2H3/t27-,28?,29+,34?,35-/m0/s1. The van der Waals surface area contributed by atoms with E-state index in [-0.39, 0.29) is 41.4 Å². The van der Waals surface area contributed by atoms with Crippen molar-refractivity contribution >= 4 is 15.8 Å². The summed E-state index contributed by atoms with van der Waals surface area (Å²) < 4.78 is 41.0. The fourth-order valence-corrected chi connectivity index (χ4v) is 10.2. The molecule has 1 saturated carbocycles. The molecule has 0 radical (unpaired) electrons. The topological polar surface area (TPSA) is 96.4 Å². The van der Waals surface area contributed by atoms with Gasteiger partial charge in [-0.15, -0.1) is 0 Å². The van der Waals surface area contributed by atoms with Gasteiger partial charge in [-0.3, -0.25) is 9.69 Å². The molecule has 2 bridgehead atoms. The predicted octanol–water partition coefficient (Wildman–Crippen LogP) is 4.33. The number of likely N-dealkylation sites (tertiary alicyclic amines) is 1. The van der Waals surface area contributed by atoms with E-state index in [2.05, 4.69) is 29.2 Å². The van der Waals surface area contributed by atoms with Crippen LogP contribution in [0.5, 0.6) is 11.5 Å². The molecule has 2 heterocycles. The Morgan fingerprint density at radius 1 is 1.09 bits per heavy atom. The molecule has 2 unspecified atom stereocenters. The largest absolute Gasteiger partial charge is 0.504 e. The Hall–Kier alpha value is -3.24. The van der Waals surface area contributed by atoms with Crippen molar-refractivity contribution in [1.82, 2.24) is 9.21 Å². The predicted molar refractivity (Wildman–Crippen MR) is 168 cm³/mol. The van der Waals surface area contributed by atoms with Crippen molar-refractivity contribution in [3.05, 3.63) is 94.5 Å². The molecule has 8 nitrogen and oxygen atoms in total. The molecule has 4 aliphatic rings. The van der Waals surface area contributed by atoms with Gasteiger partial charge in [0.2, 0.25) is 10.0 Å². The number of likely N-dealkylation sites (N-methyl/N-ethyl adjacent to an activating group) is 1. The molecule has 3 aromatic rings. The average molecular weight is 617 g/mol. The van der Waals surface area contributed by atoms with Crippen molar-refractivity contribution in [2.45, 2.75) is 61.5 Å². The number of aromatic hydroxyl groups is 1. The van der Waals surface area contributed by atoms with Gasteiger partial charge in [0.05, 0.1) is 17.4 Å². The van der Waals surface area contributed by atoms with Crippen LogP contribution in [0.3, 0.4) is 0 Å². The van der Waals surface area contributed by atoms with Crippen LogP contribution >= 0.6 is 0 Å². The number of Topliss-reactive ketones (excluding diaryl/α,β-unsaturated/α-hetero) is 1. The molecular formula is C35H40N2O6S. The number of nitrogens with zero attached hydrogens (tertiary/aromatic N) is 2. The fraction of sp³-hybridized carbons (Fsp3) is 0.457. The minimum atomic E-state index is -3.66. The van der Waals surface area contributed by atoms with Gasteiger partial charge < -0.3 is 14.6 Å². The second-order valence-electron chi connectivity index (χ2n) is 12.9. The van der Waals surface area contributed by atoms with Crippen molar-refractivity contribution in [2.75, 3.05) is 33.9 Å². The SMILES string of the molecule is COCC(=O)c1cc2c3c(c1O)OC1C(N(C)S(=O)(=O)Cc4ccccc4)CC[C@H]4[C@@H](C2)N(CCc2ccccc2)CC[C@]314. The Morgan fingerprint density at radius 3 is 2.50 bits per heavy atom. The number of carbonyl (C=O) groups is 1. The zero-order chi connectivity index (χ0) is 30.6. The number of hydrogen-bond acceptors (Lipinski definition) is 7. The number of methoxy groups -OCH3 is 1. The van der Waals surface area contributed by atoms with Crippen molar-refractivity contribution < 1.29 is 27.8 Å². The number of benzene rings is 3. The average Bonchev–Trinajstić information content (AvgIpc) is 3.37. The molecule has 7 rings (SSSR count). The van der Waals surface area contributed by atoms with E-state index >= 15 is 0 Å². The van der Waals surface area contributed by atoms with E-state index in [9.17, 15) is 18.3 Å². The van der Waals surface area contributed by atoms with Gasteiger partial charge in [-0.2, -0.15) is 4.31 Å². The third kappa shape index (κ3) is 4.67. The normalized spacial score (nSPS) is 27.2. The Kier molecular flexibility index (Phi) is 7.56. The molecule has 232 valence electrons. The molecule has 5 atom stereocenters. The highest BCUT2D eigenvalue weighted by atomic mass is 32.2. The maximum Gasteiger partial charge on any atom is 0.218 e. The molecule has 9 heteroatoms. The van der Waals surface area contributed by atoms with Crippen LogP contribution in [-0.2, 0) is 38.8 Å². The molecular weight excluding hydrogens is 576 g/mol. The lowest BCUT2D eigenvalue weighted by atomic mass is 9.51. The molecule has 2 aliphatic carbocycles. The van der Waals surface area contributed by atoms with E-state index in [1.54, 1.807) is 7.05 Å². The number of hydrogen-bond donors (Lipinski definition) is 1. The summed E-state index contributed by atoms with van der Waals surface area (Å²) in [4.78, 5) is 15.7. The number of ketones is 1. The first-order valence-electron chi connectivity index (χ1n) is 15.6. The van der Waals surface area contributed by atoms with Crippen molar-refractivity contribution in [1.29, 1.82) is 0 Å². The van der Waals surface area contributed by atoms with E-state index in [0.29, 0.717) is 12.2 Å². The number of phenolic OH excluding ortho intramolecular Hbond substituents is 1. The first kappa shape index (κ1) is 29.5. The third-order valence-corrected chi connectivity index (χ3v) is 12.6. The monoisotopic (exact) mass is 616 g/mol. The molecule has 44 heavy (non-hydrogen) atoms. The second kappa shape index (κ2) is 11.3. The van der Waals surface area contributed by atoms with Crippen LogP contribution in [0.1, 0.15) is 51.9 Å². The summed E-state index contributed by atoms with van der Waals surface area (Å²) in [5.74, 6) is 0.0965. The Bertz CT molecular complexity index is 1660. The lowest BCUT2D eigenvalue weighted by Crippen LogP contribution is -2.69. The van der Waals surface area contributed by atoms with Gasteiger partial charge in [-0.05, 0) is 67.3 Å². The summed E-state index contributed by atoms with van der Waals surface area (Å²) in [6, 6.07) is 21.5. The maximum atomic E-state index is 13.8. The highest BCUT2D eigenvalue weighted by Crippen LogP contribution is 2.65. The summed E-state index contributed by atoms with van der Waals surface area (Å²) in [6.45, 7) is 1.65. The number of ether oxygens (including phenoxy) is 2. The van der Waals surface area contributed by atoms with Gasteiger partial charge in [-0.1, -0.05) is 60.7 Å². The zero-order valence-electron chi connectivity index (χ0n) is 25.3. The quantitative estimate of drug-likeness (QED) is 0.339. The molecule has 0 aromatic heterocycles. The highest BCUT2D eigenvalue weighted by molar-refractivity contribution is 7.88. The van der Waals surface area contributed by atoms with Gasteiger partial charge in [0.25, 0.3) is 0 Å². The number of phenols is 1. The van der Waals surface area contributed by atoms with Crippen molar-refractivity contribution in [3.63, 3.8) is 0 Å². The highest BCUT2D eigenvalue weighted by Gasteiger charge is 2.67. The molecule has 1 saturated heterocycles. The maximum absolute atomic E-state index is 13.8. The van der Waals surface area contributed by atoms with Crippen LogP contribution < -0.4 is 4.74 Å². The molecule has 1 spiro atoms. The van der Waals surface area contributed by atoms with Gasteiger partial charge in [0, 0.05) is 37.7 Å². The van der Waals surface area contributed by atoms with E-state index in [1.807, 2.05) is 42.5 Å². The summed E-state index contributed by atoms with van der Waals surface area (Å²) in [5.41, 5.74) is 3.85. The van der Waals surface area contributed by atoms with Crippen LogP contribution in [-0.4, -0.2) is 80.6 Å². The summed E-state index contributed by atoms with van der Waals surface area (Å²) in [7, 11) is -0.517. The molecule has 1 N–H and O–H groups in total. The van der Waals surface area contributed by atoms with Crippen molar-refractivity contribution in [2.24, 2.45) is 5.92 Å². The van der Waals surface area contributed by atoms with Crippen LogP contribution in [0.4, 0.5) is 0 Å². The van der Waals surface area contributed by atoms with Gasteiger partial charge >= 0.3 is 0 Å². The number of rotatable bonds is 10. The summed E-state index contributed by atoms with van der Waals surface area (Å²) in [6.07, 6.45) is 3.60. The van der Waals surface area contributed by atoms with Crippen LogP contribution in [0.2, 0.25) is 0 Å². The smallest absolute Gasteiger partial charge is 0.218 e. The van der Waals surface area contributed by atoms with Crippen molar-refractivity contribution in [3.8, 4) is 11.5 Å². The van der Waals surface area contributed by atoms with Crippen LogP contribution in [0.25, 0.3) is 0 Å². The van der Waals surface area contributed by atoms with E-state index < -0.39 is 27.6 Å².